The topological polar surface area (TPSA) is 64.4 Å². The van der Waals surface area contributed by atoms with Gasteiger partial charge in [0.15, 0.2) is 0 Å². The molecule has 27 heavy (non-hydrogen) atoms. The summed E-state index contributed by atoms with van der Waals surface area (Å²) in [5.74, 6) is 0.593. The second-order valence-electron chi connectivity index (χ2n) is 5.84. The van der Waals surface area contributed by atoms with E-state index in [1.165, 1.54) is 12.1 Å². The van der Waals surface area contributed by atoms with E-state index in [2.05, 4.69) is 5.32 Å². The second-order valence-corrected chi connectivity index (χ2v) is 6.68. The van der Waals surface area contributed by atoms with E-state index in [1.54, 1.807) is 12.1 Å². The zero-order valence-electron chi connectivity index (χ0n) is 14.2. The summed E-state index contributed by atoms with van der Waals surface area (Å²) in [5.41, 5.74) is 2.78. The number of non-ortho nitro benzene ring substituents is 1. The Kier molecular flexibility index (Phi) is 6.16. The summed E-state index contributed by atoms with van der Waals surface area (Å²) in [6.07, 6.45) is 0. The predicted octanol–water partition coefficient (Wildman–Crippen LogP) is 6.09. The van der Waals surface area contributed by atoms with Crippen LogP contribution in [0.5, 0.6) is 5.75 Å². The molecule has 138 valence electrons. The van der Waals surface area contributed by atoms with E-state index in [0.29, 0.717) is 28.9 Å². The van der Waals surface area contributed by atoms with Crippen molar-refractivity contribution in [2.75, 3.05) is 5.32 Å². The van der Waals surface area contributed by atoms with Crippen molar-refractivity contribution < 1.29 is 9.66 Å². The molecule has 0 aliphatic heterocycles. The highest BCUT2D eigenvalue weighted by molar-refractivity contribution is 6.32. The van der Waals surface area contributed by atoms with Gasteiger partial charge in [-0.25, -0.2) is 0 Å². The maximum absolute atomic E-state index is 10.7. The Morgan fingerprint density at radius 2 is 1.74 bits per heavy atom. The number of hydrogen-bond acceptors (Lipinski definition) is 4. The van der Waals surface area contributed by atoms with Crippen molar-refractivity contribution in [3.63, 3.8) is 0 Å². The summed E-state index contributed by atoms with van der Waals surface area (Å²) >= 11 is 12.3. The van der Waals surface area contributed by atoms with Crippen molar-refractivity contribution in [3.8, 4) is 5.75 Å². The van der Waals surface area contributed by atoms with Gasteiger partial charge in [-0.05, 0) is 47.5 Å². The van der Waals surface area contributed by atoms with Crippen LogP contribution in [0.1, 0.15) is 11.1 Å². The molecule has 3 rings (SSSR count). The zero-order chi connectivity index (χ0) is 19.2. The van der Waals surface area contributed by atoms with Gasteiger partial charge in [0.2, 0.25) is 0 Å². The standard InChI is InChI=1S/C20H16Cl2N2O3/c21-16-3-1-2-15(10-16)13-27-20-9-4-14(11-19(20)22)12-23-17-5-7-18(8-6-17)24(25)26/h1-11,23H,12-13H2. The molecule has 0 heterocycles. The average Bonchev–Trinajstić information content (AvgIpc) is 2.66. The molecule has 7 heteroatoms. The minimum absolute atomic E-state index is 0.0600. The summed E-state index contributed by atoms with van der Waals surface area (Å²) in [6.45, 7) is 0.909. The van der Waals surface area contributed by atoms with Crippen LogP contribution in [0.3, 0.4) is 0 Å². The molecule has 0 radical (unpaired) electrons. The Morgan fingerprint density at radius 1 is 0.963 bits per heavy atom. The lowest BCUT2D eigenvalue weighted by Gasteiger charge is -2.11. The lowest BCUT2D eigenvalue weighted by Crippen LogP contribution is -2.01. The number of anilines is 1. The highest BCUT2D eigenvalue weighted by Gasteiger charge is 2.06. The first-order valence-corrected chi connectivity index (χ1v) is 8.91. The van der Waals surface area contributed by atoms with E-state index in [4.69, 9.17) is 27.9 Å². The van der Waals surface area contributed by atoms with Crippen molar-refractivity contribution in [3.05, 3.63) is 98.0 Å². The maximum atomic E-state index is 10.7. The highest BCUT2D eigenvalue weighted by Crippen LogP contribution is 2.27. The van der Waals surface area contributed by atoms with Crippen LogP contribution in [0.4, 0.5) is 11.4 Å². The number of nitrogens with one attached hydrogen (secondary N) is 1. The normalized spacial score (nSPS) is 10.4. The van der Waals surface area contributed by atoms with Gasteiger partial charge in [0.25, 0.3) is 5.69 Å². The zero-order valence-corrected chi connectivity index (χ0v) is 15.7. The Bertz CT molecular complexity index is 946. The molecular weight excluding hydrogens is 387 g/mol. The van der Waals surface area contributed by atoms with Crippen LogP contribution in [-0.2, 0) is 13.2 Å². The number of rotatable bonds is 7. The third kappa shape index (κ3) is 5.36. The first-order chi connectivity index (χ1) is 13.0. The smallest absolute Gasteiger partial charge is 0.269 e. The molecule has 3 aromatic rings. The summed E-state index contributed by atoms with van der Waals surface area (Å²) in [4.78, 5) is 10.2. The van der Waals surface area contributed by atoms with Crippen molar-refractivity contribution in [2.45, 2.75) is 13.2 Å². The molecule has 1 N–H and O–H groups in total. The number of nitro benzene ring substituents is 1. The number of nitro groups is 1. The van der Waals surface area contributed by atoms with E-state index in [-0.39, 0.29) is 5.69 Å². The first kappa shape index (κ1) is 19.0. The highest BCUT2D eigenvalue weighted by atomic mass is 35.5. The van der Waals surface area contributed by atoms with Crippen LogP contribution in [-0.4, -0.2) is 4.92 Å². The molecule has 0 amide bonds. The first-order valence-electron chi connectivity index (χ1n) is 8.15. The molecule has 0 saturated carbocycles. The van der Waals surface area contributed by atoms with E-state index in [9.17, 15) is 10.1 Å². The van der Waals surface area contributed by atoms with Gasteiger partial charge in [0.05, 0.1) is 9.95 Å². The molecule has 5 nitrogen and oxygen atoms in total. The number of nitrogens with zero attached hydrogens (tertiary/aromatic N) is 1. The molecule has 0 spiro atoms. The quantitative estimate of drug-likeness (QED) is 0.383. The van der Waals surface area contributed by atoms with Crippen molar-refractivity contribution >= 4 is 34.6 Å². The second kappa shape index (κ2) is 8.75. The van der Waals surface area contributed by atoms with Gasteiger partial charge in [-0.1, -0.05) is 41.4 Å². The van der Waals surface area contributed by atoms with E-state index in [1.807, 2.05) is 42.5 Å². The Morgan fingerprint density at radius 3 is 2.41 bits per heavy atom. The van der Waals surface area contributed by atoms with Gasteiger partial charge in [0.1, 0.15) is 12.4 Å². The third-order valence-electron chi connectivity index (χ3n) is 3.85. The fourth-order valence-electron chi connectivity index (χ4n) is 2.46. The van der Waals surface area contributed by atoms with Crippen LogP contribution >= 0.6 is 23.2 Å². The maximum Gasteiger partial charge on any atom is 0.269 e. The number of hydrogen-bond donors (Lipinski definition) is 1. The number of benzene rings is 3. The molecule has 0 aliphatic carbocycles. The average molecular weight is 403 g/mol. The molecule has 0 saturated heterocycles. The fraction of sp³-hybridized carbons (Fsp3) is 0.100. The lowest BCUT2D eigenvalue weighted by molar-refractivity contribution is -0.384. The van der Waals surface area contributed by atoms with Gasteiger partial charge in [-0.3, -0.25) is 10.1 Å². The molecule has 0 unspecified atom stereocenters. The summed E-state index contributed by atoms with van der Waals surface area (Å²) in [7, 11) is 0. The monoisotopic (exact) mass is 402 g/mol. The van der Waals surface area contributed by atoms with Crippen molar-refractivity contribution in [1.82, 2.24) is 0 Å². The summed E-state index contributed by atoms with van der Waals surface area (Å²) < 4.78 is 5.76. The van der Waals surface area contributed by atoms with Gasteiger partial charge in [-0.2, -0.15) is 0 Å². The van der Waals surface area contributed by atoms with Gasteiger partial charge in [0, 0.05) is 29.4 Å². The summed E-state index contributed by atoms with van der Waals surface area (Å²) in [5, 5.41) is 15.1. The Balaban J connectivity index is 1.58. The van der Waals surface area contributed by atoms with Gasteiger partial charge in [-0.15, -0.1) is 0 Å². The number of ether oxygens (including phenoxy) is 1. The SMILES string of the molecule is O=[N+]([O-])c1ccc(NCc2ccc(OCc3cccc(Cl)c3)c(Cl)c2)cc1. The van der Waals surface area contributed by atoms with Crippen LogP contribution < -0.4 is 10.1 Å². The third-order valence-corrected chi connectivity index (χ3v) is 4.38. The van der Waals surface area contributed by atoms with E-state index >= 15 is 0 Å². The molecular formula is C20H16Cl2N2O3. The Hall–Kier alpha value is -2.76. The van der Waals surface area contributed by atoms with Crippen LogP contribution in [0.25, 0.3) is 0 Å². The molecule has 0 aliphatic rings. The molecule has 0 atom stereocenters. The van der Waals surface area contributed by atoms with E-state index < -0.39 is 4.92 Å². The minimum Gasteiger partial charge on any atom is -0.487 e. The molecule has 0 bridgehead atoms. The lowest BCUT2D eigenvalue weighted by atomic mass is 10.2. The largest absolute Gasteiger partial charge is 0.487 e. The molecule has 3 aromatic carbocycles. The number of halogens is 2. The minimum atomic E-state index is -0.425. The molecule has 0 aromatic heterocycles. The molecule has 0 fully saturated rings. The van der Waals surface area contributed by atoms with Crippen LogP contribution in [0, 0.1) is 10.1 Å². The van der Waals surface area contributed by atoms with Crippen molar-refractivity contribution in [2.24, 2.45) is 0 Å². The van der Waals surface area contributed by atoms with Crippen LogP contribution in [0.2, 0.25) is 10.0 Å². The van der Waals surface area contributed by atoms with Gasteiger partial charge >= 0.3 is 0 Å². The van der Waals surface area contributed by atoms with Gasteiger partial charge < -0.3 is 10.1 Å². The van der Waals surface area contributed by atoms with Crippen molar-refractivity contribution in [1.29, 1.82) is 0 Å². The summed E-state index contributed by atoms with van der Waals surface area (Å²) in [6, 6.07) is 19.3. The fourth-order valence-corrected chi connectivity index (χ4v) is 2.93. The Labute approximate surface area is 166 Å². The van der Waals surface area contributed by atoms with Crippen LogP contribution in [0.15, 0.2) is 66.7 Å². The van der Waals surface area contributed by atoms with E-state index in [0.717, 1.165) is 16.8 Å². The predicted molar refractivity (Wildman–Crippen MR) is 108 cm³/mol.